The van der Waals surface area contributed by atoms with Gasteiger partial charge in [0.25, 0.3) is 5.91 Å². The van der Waals surface area contributed by atoms with Crippen molar-refractivity contribution >= 4 is 34.0 Å². The largest absolute Gasteiger partial charge is 0.490 e. The molecule has 0 saturated carbocycles. The van der Waals surface area contributed by atoms with Crippen molar-refractivity contribution in [3.8, 4) is 17.2 Å². The van der Waals surface area contributed by atoms with Gasteiger partial charge in [0, 0.05) is 18.6 Å². The van der Waals surface area contributed by atoms with E-state index in [1.165, 1.54) is 0 Å². The molecule has 3 aromatic carbocycles. The SMILES string of the molecule is O=C(COc1ccc2ccccc2c1)Nc1cc2c(cc1Cl)OCCCO2. The number of hydrogen-bond acceptors (Lipinski definition) is 4. The fraction of sp³-hybridized carbons (Fsp3) is 0.190. The molecule has 27 heavy (non-hydrogen) atoms. The van der Waals surface area contributed by atoms with E-state index >= 15 is 0 Å². The lowest BCUT2D eigenvalue weighted by Crippen LogP contribution is -2.20. The first kappa shape index (κ1) is 17.5. The molecule has 0 aromatic heterocycles. The predicted molar refractivity (Wildman–Crippen MR) is 105 cm³/mol. The van der Waals surface area contributed by atoms with Crippen LogP contribution < -0.4 is 19.5 Å². The Labute approximate surface area is 161 Å². The number of carbonyl (C=O) groups excluding carboxylic acids is 1. The molecule has 0 unspecified atom stereocenters. The van der Waals surface area contributed by atoms with Crippen LogP contribution in [0.5, 0.6) is 17.2 Å². The molecule has 1 heterocycles. The van der Waals surface area contributed by atoms with Gasteiger partial charge < -0.3 is 19.5 Å². The summed E-state index contributed by atoms with van der Waals surface area (Å²) < 4.78 is 16.8. The predicted octanol–water partition coefficient (Wildman–Crippen LogP) is 4.67. The molecule has 0 saturated heterocycles. The van der Waals surface area contributed by atoms with Crippen LogP contribution in [0.1, 0.15) is 6.42 Å². The highest BCUT2D eigenvalue weighted by molar-refractivity contribution is 6.34. The highest BCUT2D eigenvalue weighted by Gasteiger charge is 2.15. The van der Waals surface area contributed by atoms with Gasteiger partial charge in [0.2, 0.25) is 0 Å². The number of anilines is 1. The number of amides is 1. The lowest BCUT2D eigenvalue weighted by molar-refractivity contribution is -0.118. The van der Waals surface area contributed by atoms with Crippen LogP contribution in [0.3, 0.4) is 0 Å². The van der Waals surface area contributed by atoms with Gasteiger partial charge >= 0.3 is 0 Å². The van der Waals surface area contributed by atoms with Gasteiger partial charge in [-0.25, -0.2) is 0 Å². The molecule has 1 N–H and O–H groups in total. The van der Waals surface area contributed by atoms with E-state index in [-0.39, 0.29) is 12.5 Å². The first-order valence-corrected chi connectivity index (χ1v) is 9.07. The summed E-state index contributed by atoms with van der Waals surface area (Å²) in [7, 11) is 0. The Bertz CT molecular complexity index is 989. The Kier molecular flexibility index (Phi) is 5.03. The molecule has 5 nitrogen and oxygen atoms in total. The first-order valence-electron chi connectivity index (χ1n) is 8.70. The monoisotopic (exact) mass is 383 g/mol. The van der Waals surface area contributed by atoms with E-state index in [2.05, 4.69) is 5.32 Å². The van der Waals surface area contributed by atoms with E-state index in [4.69, 9.17) is 25.8 Å². The van der Waals surface area contributed by atoms with E-state index in [0.717, 1.165) is 17.2 Å². The highest BCUT2D eigenvalue weighted by Crippen LogP contribution is 2.37. The molecule has 1 aliphatic rings. The van der Waals surface area contributed by atoms with Crippen LogP contribution in [0.2, 0.25) is 5.02 Å². The molecule has 0 spiro atoms. The summed E-state index contributed by atoms with van der Waals surface area (Å²) in [6, 6.07) is 17.0. The zero-order valence-corrected chi connectivity index (χ0v) is 15.3. The Morgan fingerprint density at radius 2 is 1.74 bits per heavy atom. The Balaban J connectivity index is 1.42. The van der Waals surface area contributed by atoms with Crippen molar-refractivity contribution in [2.75, 3.05) is 25.1 Å². The maximum Gasteiger partial charge on any atom is 0.262 e. The van der Waals surface area contributed by atoms with Crippen molar-refractivity contribution in [2.24, 2.45) is 0 Å². The molecule has 0 atom stereocenters. The third-order valence-corrected chi connectivity index (χ3v) is 4.51. The maximum atomic E-state index is 12.3. The minimum absolute atomic E-state index is 0.122. The van der Waals surface area contributed by atoms with E-state index in [1.54, 1.807) is 12.1 Å². The summed E-state index contributed by atoms with van der Waals surface area (Å²) in [6.45, 7) is 1.02. The second-order valence-electron chi connectivity index (χ2n) is 6.18. The number of ether oxygens (including phenoxy) is 3. The molecule has 1 amide bonds. The number of fused-ring (bicyclic) bond motifs is 2. The van der Waals surface area contributed by atoms with Gasteiger partial charge in [0.05, 0.1) is 23.9 Å². The molecule has 4 rings (SSSR count). The van der Waals surface area contributed by atoms with Gasteiger partial charge in [-0.15, -0.1) is 0 Å². The van der Waals surface area contributed by atoms with E-state index in [0.29, 0.717) is 41.2 Å². The van der Waals surface area contributed by atoms with Crippen molar-refractivity contribution in [1.29, 1.82) is 0 Å². The number of rotatable bonds is 4. The topological polar surface area (TPSA) is 56.8 Å². The summed E-state index contributed by atoms with van der Waals surface area (Å²) in [4.78, 5) is 12.3. The number of hydrogen-bond donors (Lipinski definition) is 1. The summed E-state index contributed by atoms with van der Waals surface area (Å²) in [5.41, 5.74) is 0.466. The van der Waals surface area contributed by atoms with Crippen LogP contribution in [-0.4, -0.2) is 25.7 Å². The van der Waals surface area contributed by atoms with Crippen LogP contribution in [0.15, 0.2) is 54.6 Å². The number of nitrogens with one attached hydrogen (secondary N) is 1. The normalized spacial score (nSPS) is 13.1. The van der Waals surface area contributed by atoms with Crippen LogP contribution in [0.4, 0.5) is 5.69 Å². The van der Waals surface area contributed by atoms with Gasteiger partial charge in [0.1, 0.15) is 5.75 Å². The van der Waals surface area contributed by atoms with Gasteiger partial charge in [-0.1, -0.05) is 41.9 Å². The quantitative estimate of drug-likeness (QED) is 0.711. The van der Waals surface area contributed by atoms with Crippen LogP contribution in [0.25, 0.3) is 10.8 Å². The zero-order valence-electron chi connectivity index (χ0n) is 14.5. The molecule has 138 valence electrons. The number of carbonyl (C=O) groups is 1. The maximum absolute atomic E-state index is 12.3. The van der Waals surface area contributed by atoms with Crippen molar-refractivity contribution < 1.29 is 19.0 Å². The van der Waals surface area contributed by atoms with E-state index in [1.807, 2.05) is 42.5 Å². The summed E-state index contributed by atoms with van der Waals surface area (Å²) in [6.07, 6.45) is 0.799. The van der Waals surface area contributed by atoms with Crippen molar-refractivity contribution in [2.45, 2.75) is 6.42 Å². The minimum Gasteiger partial charge on any atom is -0.490 e. The van der Waals surface area contributed by atoms with E-state index in [9.17, 15) is 4.79 Å². The fourth-order valence-electron chi connectivity index (χ4n) is 2.87. The molecule has 1 aliphatic heterocycles. The number of halogens is 1. The first-order chi connectivity index (χ1) is 13.2. The summed E-state index contributed by atoms with van der Waals surface area (Å²) >= 11 is 6.25. The lowest BCUT2D eigenvalue weighted by atomic mass is 10.1. The standard InChI is InChI=1S/C21H18ClNO4/c22-17-11-19-20(26-9-3-8-25-19)12-18(17)23-21(24)13-27-16-7-6-14-4-1-2-5-15(14)10-16/h1-2,4-7,10-12H,3,8-9,13H2,(H,23,24). The summed E-state index contributed by atoms with van der Waals surface area (Å²) in [5, 5.41) is 5.32. The Hall–Kier alpha value is -2.92. The van der Waals surface area contributed by atoms with Gasteiger partial charge in [-0.3, -0.25) is 4.79 Å². The fourth-order valence-corrected chi connectivity index (χ4v) is 3.07. The van der Waals surface area contributed by atoms with Crippen molar-refractivity contribution in [3.05, 3.63) is 59.6 Å². The molecular weight excluding hydrogens is 366 g/mol. The van der Waals surface area contributed by atoms with Gasteiger partial charge in [-0.05, 0) is 22.9 Å². The van der Waals surface area contributed by atoms with Crippen molar-refractivity contribution in [3.63, 3.8) is 0 Å². The van der Waals surface area contributed by atoms with E-state index < -0.39 is 0 Å². The second-order valence-corrected chi connectivity index (χ2v) is 6.58. The summed E-state index contributed by atoms with van der Waals surface area (Å²) in [5.74, 6) is 1.48. The minimum atomic E-state index is -0.306. The lowest BCUT2D eigenvalue weighted by Gasteiger charge is -2.13. The molecule has 0 aliphatic carbocycles. The molecule has 3 aromatic rings. The molecule has 0 radical (unpaired) electrons. The molecular formula is C21H18ClNO4. The van der Waals surface area contributed by atoms with Crippen LogP contribution in [0, 0.1) is 0 Å². The van der Waals surface area contributed by atoms with Crippen LogP contribution in [-0.2, 0) is 4.79 Å². The highest BCUT2D eigenvalue weighted by atomic mass is 35.5. The second kappa shape index (κ2) is 7.76. The smallest absolute Gasteiger partial charge is 0.262 e. The average molecular weight is 384 g/mol. The zero-order chi connectivity index (χ0) is 18.6. The molecule has 6 heteroatoms. The average Bonchev–Trinajstić information content (AvgIpc) is 2.91. The number of benzene rings is 3. The third-order valence-electron chi connectivity index (χ3n) is 4.20. The van der Waals surface area contributed by atoms with Crippen LogP contribution >= 0.6 is 11.6 Å². The van der Waals surface area contributed by atoms with Crippen molar-refractivity contribution in [1.82, 2.24) is 0 Å². The molecule has 0 fully saturated rings. The molecule has 0 bridgehead atoms. The van der Waals surface area contributed by atoms with Gasteiger partial charge in [-0.2, -0.15) is 0 Å². The third kappa shape index (κ3) is 4.09. The Morgan fingerprint density at radius 1 is 1.00 bits per heavy atom. The van der Waals surface area contributed by atoms with Gasteiger partial charge in [0.15, 0.2) is 18.1 Å². The Morgan fingerprint density at radius 3 is 2.56 bits per heavy atom.